The van der Waals surface area contributed by atoms with Gasteiger partial charge in [-0.3, -0.25) is 9.78 Å². The Balaban J connectivity index is 2.99. The Kier molecular flexibility index (Phi) is 5.39. The van der Waals surface area contributed by atoms with Crippen LogP contribution in [-0.2, 0) is 16.0 Å². The number of hydrogen-bond donors (Lipinski definition) is 0. The topological polar surface area (TPSA) is 48.4 Å². The van der Waals surface area contributed by atoms with Gasteiger partial charge in [-0.15, -0.1) is 13.2 Å². The van der Waals surface area contributed by atoms with Crippen molar-refractivity contribution in [3.05, 3.63) is 21.0 Å². The predicted octanol–water partition coefficient (Wildman–Crippen LogP) is 3.00. The van der Waals surface area contributed by atoms with E-state index in [0.29, 0.717) is 5.69 Å². The Hall–Kier alpha value is -1.06. The molecule has 0 N–H and O–H groups in total. The van der Waals surface area contributed by atoms with Gasteiger partial charge in [-0.1, -0.05) is 0 Å². The lowest BCUT2D eigenvalue weighted by molar-refractivity contribution is -0.275. The molecule has 0 bridgehead atoms. The number of esters is 1. The molecule has 0 fully saturated rings. The van der Waals surface area contributed by atoms with E-state index < -0.39 is 12.3 Å². The van der Waals surface area contributed by atoms with Gasteiger partial charge in [-0.05, 0) is 36.4 Å². The molecule has 0 spiro atoms. The van der Waals surface area contributed by atoms with Crippen molar-refractivity contribution in [2.75, 3.05) is 6.61 Å². The summed E-state index contributed by atoms with van der Waals surface area (Å²) in [5.41, 5.74) is 0.539. The van der Waals surface area contributed by atoms with Crippen LogP contribution in [0, 0.1) is 10.5 Å². The average molecular weight is 389 g/mol. The number of aromatic nitrogens is 1. The van der Waals surface area contributed by atoms with Crippen LogP contribution in [0.15, 0.2) is 6.07 Å². The lowest BCUT2D eigenvalue weighted by atomic mass is 10.2. The van der Waals surface area contributed by atoms with Crippen molar-refractivity contribution >= 4 is 28.6 Å². The smallest absolute Gasteiger partial charge is 0.466 e. The third-order valence-electron chi connectivity index (χ3n) is 2.00. The van der Waals surface area contributed by atoms with E-state index in [1.807, 2.05) is 0 Å². The van der Waals surface area contributed by atoms with E-state index in [1.54, 1.807) is 36.4 Å². The number of aryl methyl sites for hydroxylation is 1. The zero-order valence-corrected chi connectivity index (χ0v) is 12.3. The number of ether oxygens (including phenoxy) is 2. The van der Waals surface area contributed by atoms with Crippen molar-refractivity contribution in [2.45, 2.75) is 26.6 Å². The van der Waals surface area contributed by atoms with Gasteiger partial charge in [0.05, 0.1) is 28.0 Å². The van der Waals surface area contributed by atoms with E-state index in [-0.39, 0.29) is 28.0 Å². The second kappa shape index (κ2) is 6.40. The molecule has 0 atom stereocenters. The zero-order chi connectivity index (χ0) is 14.6. The molecule has 0 aromatic carbocycles. The molecule has 0 amide bonds. The van der Waals surface area contributed by atoms with Gasteiger partial charge in [-0.2, -0.15) is 0 Å². The summed E-state index contributed by atoms with van der Waals surface area (Å²) >= 11 is 1.71. The largest absolute Gasteiger partial charge is 0.573 e. The Morgan fingerprint density at radius 2 is 2.11 bits per heavy atom. The van der Waals surface area contributed by atoms with E-state index >= 15 is 0 Å². The molecule has 1 aromatic rings. The average Bonchev–Trinajstić information content (AvgIpc) is 2.23. The van der Waals surface area contributed by atoms with Crippen molar-refractivity contribution in [3.8, 4) is 5.75 Å². The monoisotopic (exact) mass is 389 g/mol. The molecular formula is C11H11F3INO3. The SMILES string of the molecule is CCOC(=O)Cc1cc(OC(F)(F)F)c(I)c(C)n1. The van der Waals surface area contributed by atoms with Crippen LogP contribution >= 0.6 is 22.6 Å². The van der Waals surface area contributed by atoms with Crippen LogP contribution in [0.2, 0.25) is 0 Å². The van der Waals surface area contributed by atoms with Crippen molar-refractivity contribution in [1.29, 1.82) is 0 Å². The summed E-state index contributed by atoms with van der Waals surface area (Å²) in [6.45, 7) is 3.39. The standard InChI is InChI=1S/C11H11F3INO3/c1-3-18-9(17)5-7-4-8(19-11(12,13)14)10(15)6(2)16-7/h4H,3,5H2,1-2H3. The highest BCUT2D eigenvalue weighted by molar-refractivity contribution is 14.1. The van der Waals surface area contributed by atoms with Crippen LogP contribution in [0.3, 0.4) is 0 Å². The minimum atomic E-state index is -4.78. The summed E-state index contributed by atoms with van der Waals surface area (Å²) in [4.78, 5) is 15.3. The van der Waals surface area contributed by atoms with Crippen LogP contribution in [0.1, 0.15) is 18.3 Å². The lowest BCUT2D eigenvalue weighted by Gasteiger charge is -2.13. The van der Waals surface area contributed by atoms with Gasteiger partial charge in [-0.25, -0.2) is 0 Å². The van der Waals surface area contributed by atoms with Gasteiger partial charge in [0.2, 0.25) is 0 Å². The zero-order valence-electron chi connectivity index (χ0n) is 10.2. The van der Waals surface area contributed by atoms with Gasteiger partial charge in [0.25, 0.3) is 0 Å². The summed E-state index contributed by atoms with van der Waals surface area (Å²) < 4.78 is 45.6. The molecular weight excluding hydrogens is 378 g/mol. The van der Waals surface area contributed by atoms with Gasteiger partial charge in [0.15, 0.2) is 0 Å². The highest BCUT2D eigenvalue weighted by Crippen LogP contribution is 2.29. The van der Waals surface area contributed by atoms with E-state index in [1.165, 1.54) is 0 Å². The van der Waals surface area contributed by atoms with Gasteiger partial charge < -0.3 is 9.47 Å². The third kappa shape index (κ3) is 5.21. The molecule has 1 aromatic heterocycles. The highest BCUT2D eigenvalue weighted by Gasteiger charge is 2.32. The molecule has 0 radical (unpaired) electrons. The fourth-order valence-corrected chi connectivity index (χ4v) is 1.73. The number of carbonyl (C=O) groups is 1. The van der Waals surface area contributed by atoms with Crippen LogP contribution in [0.25, 0.3) is 0 Å². The summed E-state index contributed by atoms with van der Waals surface area (Å²) in [7, 11) is 0. The first-order valence-corrected chi connectivity index (χ1v) is 6.38. The Bertz CT molecular complexity index is 477. The second-order valence-corrected chi connectivity index (χ2v) is 4.62. The van der Waals surface area contributed by atoms with Crippen LogP contribution < -0.4 is 4.74 Å². The molecule has 1 heterocycles. The molecule has 106 valence electrons. The van der Waals surface area contributed by atoms with E-state index in [9.17, 15) is 18.0 Å². The lowest BCUT2D eigenvalue weighted by Crippen LogP contribution is -2.19. The molecule has 8 heteroatoms. The summed E-state index contributed by atoms with van der Waals surface area (Å²) in [6.07, 6.45) is -4.98. The second-order valence-electron chi connectivity index (χ2n) is 3.54. The van der Waals surface area contributed by atoms with E-state index in [2.05, 4.69) is 9.72 Å². The van der Waals surface area contributed by atoms with Crippen LogP contribution in [-0.4, -0.2) is 23.9 Å². The van der Waals surface area contributed by atoms with Crippen molar-refractivity contribution in [1.82, 2.24) is 4.98 Å². The van der Waals surface area contributed by atoms with E-state index in [0.717, 1.165) is 6.07 Å². The molecule has 0 aliphatic rings. The number of alkyl halides is 3. The number of rotatable bonds is 4. The number of pyridine rings is 1. The third-order valence-corrected chi connectivity index (χ3v) is 3.31. The first kappa shape index (κ1) is 16.0. The normalized spacial score (nSPS) is 11.3. The Morgan fingerprint density at radius 3 is 2.63 bits per heavy atom. The molecule has 1 rings (SSSR count). The van der Waals surface area contributed by atoms with Crippen molar-refractivity contribution in [3.63, 3.8) is 0 Å². The first-order valence-electron chi connectivity index (χ1n) is 5.30. The number of carbonyl (C=O) groups excluding carboxylic acids is 1. The minimum Gasteiger partial charge on any atom is -0.466 e. The summed E-state index contributed by atoms with van der Waals surface area (Å²) in [5, 5.41) is 0. The van der Waals surface area contributed by atoms with Crippen LogP contribution in [0.4, 0.5) is 13.2 Å². The molecule has 19 heavy (non-hydrogen) atoms. The van der Waals surface area contributed by atoms with E-state index in [4.69, 9.17) is 4.74 Å². The Morgan fingerprint density at radius 1 is 1.47 bits per heavy atom. The maximum atomic E-state index is 12.2. The number of nitrogens with zero attached hydrogens (tertiary/aromatic N) is 1. The van der Waals surface area contributed by atoms with Crippen molar-refractivity contribution in [2.24, 2.45) is 0 Å². The fourth-order valence-electron chi connectivity index (χ4n) is 1.34. The van der Waals surface area contributed by atoms with Crippen LogP contribution in [0.5, 0.6) is 5.75 Å². The molecule has 0 saturated carbocycles. The molecule has 0 unspecified atom stereocenters. The molecule has 0 aliphatic heterocycles. The highest BCUT2D eigenvalue weighted by atomic mass is 127. The predicted molar refractivity (Wildman–Crippen MR) is 68.7 cm³/mol. The molecule has 0 aliphatic carbocycles. The first-order chi connectivity index (χ1) is 8.73. The van der Waals surface area contributed by atoms with Gasteiger partial charge in [0.1, 0.15) is 5.75 Å². The van der Waals surface area contributed by atoms with Gasteiger partial charge >= 0.3 is 12.3 Å². The van der Waals surface area contributed by atoms with Crippen molar-refractivity contribution < 1.29 is 27.4 Å². The Labute approximate surface area is 121 Å². The molecule has 4 nitrogen and oxygen atoms in total. The minimum absolute atomic E-state index is 0.176. The number of halogens is 4. The van der Waals surface area contributed by atoms with Gasteiger partial charge in [0, 0.05) is 6.07 Å². The quantitative estimate of drug-likeness (QED) is 0.587. The summed E-state index contributed by atoms with van der Waals surface area (Å²) in [5.74, 6) is -0.909. The maximum Gasteiger partial charge on any atom is 0.573 e. The fraction of sp³-hybridized carbons (Fsp3) is 0.455. The molecule has 0 saturated heterocycles. The number of hydrogen-bond acceptors (Lipinski definition) is 4. The summed E-state index contributed by atoms with van der Waals surface area (Å²) in [6, 6.07) is 1.10. The maximum absolute atomic E-state index is 12.2.